The molecule has 7 nitrogen and oxygen atoms in total. The van der Waals surface area contributed by atoms with Gasteiger partial charge in [0, 0.05) is 25.2 Å². The summed E-state index contributed by atoms with van der Waals surface area (Å²) < 4.78 is 7.42. The molecule has 1 saturated heterocycles. The highest BCUT2D eigenvalue weighted by atomic mass is 16.5. The maximum absolute atomic E-state index is 12.5. The van der Waals surface area contributed by atoms with Gasteiger partial charge in [0.1, 0.15) is 12.4 Å². The molecule has 122 valence electrons. The smallest absolute Gasteiger partial charge is 0.253 e. The topological polar surface area (TPSA) is 73.1 Å². The second-order valence-electron chi connectivity index (χ2n) is 5.58. The van der Waals surface area contributed by atoms with Crippen molar-refractivity contribution in [2.45, 2.75) is 39.3 Å². The van der Waals surface area contributed by atoms with Crippen LogP contribution in [0.3, 0.4) is 0 Å². The van der Waals surface area contributed by atoms with Gasteiger partial charge in [0.2, 0.25) is 0 Å². The first-order valence-electron chi connectivity index (χ1n) is 8.05. The molecule has 0 spiro atoms. The third kappa shape index (κ3) is 3.67. The summed E-state index contributed by atoms with van der Waals surface area (Å²) in [4.78, 5) is 14.4. The number of hydrogen-bond donors (Lipinski definition) is 0. The van der Waals surface area contributed by atoms with Gasteiger partial charge in [-0.15, -0.1) is 5.10 Å². The van der Waals surface area contributed by atoms with Crippen LogP contribution in [0, 0.1) is 0 Å². The average Bonchev–Trinajstić information content (AvgIpc) is 3.08. The van der Waals surface area contributed by atoms with E-state index in [1.54, 1.807) is 10.7 Å². The number of hydrogen-bond acceptors (Lipinski definition) is 5. The molecule has 2 aromatic rings. The third-order valence-corrected chi connectivity index (χ3v) is 4.00. The van der Waals surface area contributed by atoms with Crippen molar-refractivity contribution in [1.29, 1.82) is 0 Å². The lowest BCUT2D eigenvalue weighted by Gasteiger charge is -2.26. The molecule has 1 amide bonds. The molecular weight excluding hydrogens is 294 g/mol. The lowest BCUT2D eigenvalue weighted by molar-refractivity contribution is 0.0724. The van der Waals surface area contributed by atoms with Gasteiger partial charge in [-0.05, 0) is 54.8 Å². The first-order valence-corrected chi connectivity index (χ1v) is 8.05. The van der Waals surface area contributed by atoms with Crippen molar-refractivity contribution in [2.75, 3.05) is 13.1 Å². The summed E-state index contributed by atoms with van der Waals surface area (Å²) >= 11 is 0. The van der Waals surface area contributed by atoms with Crippen molar-refractivity contribution in [3.8, 4) is 5.75 Å². The summed E-state index contributed by atoms with van der Waals surface area (Å²) in [5.74, 6) is 1.40. The van der Waals surface area contributed by atoms with Crippen LogP contribution in [0.2, 0.25) is 0 Å². The molecule has 0 aliphatic carbocycles. The molecule has 1 fully saturated rings. The standard InChI is InChI=1S/C16H21N5O2/c1-2-21-15(17-18-19-21)12-23-14-8-6-7-13(11-14)16(22)20-9-4-3-5-10-20/h6-8,11H,2-5,9-10,12H2,1H3. The Bertz CT molecular complexity index is 664. The summed E-state index contributed by atoms with van der Waals surface area (Å²) in [6.45, 7) is 4.63. The van der Waals surface area contributed by atoms with Gasteiger partial charge in [-0.25, -0.2) is 4.68 Å². The van der Waals surface area contributed by atoms with Crippen LogP contribution >= 0.6 is 0 Å². The normalized spacial score (nSPS) is 14.7. The molecule has 1 aliphatic heterocycles. The number of tetrazole rings is 1. The minimum absolute atomic E-state index is 0.0774. The first-order chi connectivity index (χ1) is 11.3. The van der Waals surface area contributed by atoms with Crippen LogP contribution < -0.4 is 4.74 Å². The van der Waals surface area contributed by atoms with E-state index in [1.165, 1.54) is 6.42 Å². The van der Waals surface area contributed by atoms with Crippen molar-refractivity contribution in [3.63, 3.8) is 0 Å². The molecule has 1 aromatic heterocycles. The molecule has 23 heavy (non-hydrogen) atoms. The number of likely N-dealkylation sites (tertiary alicyclic amines) is 1. The molecule has 0 atom stereocenters. The minimum atomic E-state index is 0.0774. The Balaban J connectivity index is 1.66. The summed E-state index contributed by atoms with van der Waals surface area (Å²) in [6.07, 6.45) is 3.38. The third-order valence-electron chi connectivity index (χ3n) is 4.00. The lowest BCUT2D eigenvalue weighted by atomic mass is 10.1. The Morgan fingerprint density at radius 1 is 1.26 bits per heavy atom. The van der Waals surface area contributed by atoms with Crippen LogP contribution in [0.1, 0.15) is 42.4 Å². The molecule has 0 unspecified atom stereocenters. The summed E-state index contributed by atoms with van der Waals surface area (Å²) in [6, 6.07) is 7.30. The lowest BCUT2D eigenvalue weighted by Crippen LogP contribution is -2.35. The summed E-state index contributed by atoms with van der Waals surface area (Å²) in [5.41, 5.74) is 0.666. The Morgan fingerprint density at radius 3 is 2.87 bits per heavy atom. The van der Waals surface area contributed by atoms with Crippen molar-refractivity contribution in [2.24, 2.45) is 0 Å². The number of aryl methyl sites for hydroxylation is 1. The Hall–Kier alpha value is -2.44. The Kier molecular flexibility index (Phi) is 4.85. The fourth-order valence-electron chi connectivity index (χ4n) is 2.72. The van der Waals surface area contributed by atoms with E-state index in [1.807, 2.05) is 30.0 Å². The zero-order chi connectivity index (χ0) is 16.1. The number of nitrogens with zero attached hydrogens (tertiary/aromatic N) is 5. The van der Waals surface area contributed by atoms with Gasteiger partial charge in [-0.1, -0.05) is 6.07 Å². The van der Waals surface area contributed by atoms with Crippen molar-refractivity contribution >= 4 is 5.91 Å². The number of ether oxygens (including phenoxy) is 1. The van der Waals surface area contributed by atoms with Gasteiger partial charge in [0.25, 0.3) is 5.91 Å². The number of amides is 1. The van der Waals surface area contributed by atoms with Crippen LogP contribution in [0.4, 0.5) is 0 Å². The monoisotopic (exact) mass is 315 g/mol. The Labute approximate surface area is 135 Å². The van der Waals surface area contributed by atoms with Gasteiger partial charge in [-0.2, -0.15) is 0 Å². The summed E-state index contributed by atoms with van der Waals surface area (Å²) in [5, 5.41) is 11.4. The van der Waals surface area contributed by atoms with E-state index < -0.39 is 0 Å². The fraction of sp³-hybridized carbons (Fsp3) is 0.500. The number of benzene rings is 1. The van der Waals surface area contributed by atoms with E-state index in [0.29, 0.717) is 23.7 Å². The van der Waals surface area contributed by atoms with Crippen LogP contribution in [0.5, 0.6) is 5.75 Å². The molecule has 1 aromatic carbocycles. The Morgan fingerprint density at radius 2 is 2.09 bits per heavy atom. The van der Waals surface area contributed by atoms with E-state index in [2.05, 4.69) is 15.5 Å². The molecule has 0 N–H and O–H groups in total. The number of rotatable bonds is 5. The molecule has 1 aliphatic rings. The number of aromatic nitrogens is 4. The van der Waals surface area contributed by atoms with Crippen molar-refractivity contribution in [1.82, 2.24) is 25.1 Å². The van der Waals surface area contributed by atoms with Crippen molar-refractivity contribution in [3.05, 3.63) is 35.7 Å². The molecule has 0 bridgehead atoms. The zero-order valence-electron chi connectivity index (χ0n) is 13.3. The molecule has 7 heteroatoms. The first kappa shape index (κ1) is 15.5. The zero-order valence-corrected chi connectivity index (χ0v) is 13.3. The maximum Gasteiger partial charge on any atom is 0.253 e. The quantitative estimate of drug-likeness (QED) is 0.842. The van der Waals surface area contributed by atoms with E-state index in [9.17, 15) is 4.79 Å². The van der Waals surface area contributed by atoms with Crippen LogP contribution in [-0.4, -0.2) is 44.1 Å². The highest BCUT2D eigenvalue weighted by Crippen LogP contribution is 2.18. The molecule has 0 radical (unpaired) electrons. The SMILES string of the molecule is CCn1nnnc1COc1cccc(C(=O)N2CCCCC2)c1. The highest BCUT2D eigenvalue weighted by molar-refractivity contribution is 5.94. The molecule has 3 rings (SSSR count). The van der Waals surface area contributed by atoms with Gasteiger partial charge >= 0.3 is 0 Å². The van der Waals surface area contributed by atoms with E-state index >= 15 is 0 Å². The number of piperidine rings is 1. The van der Waals surface area contributed by atoms with Crippen LogP contribution in [-0.2, 0) is 13.2 Å². The average molecular weight is 315 g/mol. The second-order valence-corrected chi connectivity index (χ2v) is 5.58. The molecular formula is C16H21N5O2. The van der Waals surface area contributed by atoms with Gasteiger partial charge in [-0.3, -0.25) is 4.79 Å². The molecule has 0 saturated carbocycles. The largest absolute Gasteiger partial charge is 0.486 e. The van der Waals surface area contributed by atoms with Gasteiger partial charge in [0.05, 0.1) is 0 Å². The highest BCUT2D eigenvalue weighted by Gasteiger charge is 2.18. The summed E-state index contributed by atoms with van der Waals surface area (Å²) in [7, 11) is 0. The van der Waals surface area contributed by atoms with E-state index in [-0.39, 0.29) is 12.5 Å². The maximum atomic E-state index is 12.5. The number of carbonyl (C=O) groups excluding carboxylic acids is 1. The predicted octanol–water partition coefficient (Wildman–Crippen LogP) is 1.90. The van der Waals surface area contributed by atoms with E-state index in [0.717, 1.165) is 25.9 Å². The molecule has 2 heterocycles. The van der Waals surface area contributed by atoms with Crippen molar-refractivity contribution < 1.29 is 9.53 Å². The van der Waals surface area contributed by atoms with Crippen LogP contribution in [0.25, 0.3) is 0 Å². The number of carbonyl (C=O) groups is 1. The van der Waals surface area contributed by atoms with Gasteiger partial charge in [0.15, 0.2) is 5.82 Å². The fourth-order valence-corrected chi connectivity index (χ4v) is 2.72. The van der Waals surface area contributed by atoms with Gasteiger partial charge < -0.3 is 9.64 Å². The van der Waals surface area contributed by atoms with Crippen LogP contribution in [0.15, 0.2) is 24.3 Å². The second kappa shape index (κ2) is 7.21. The minimum Gasteiger partial charge on any atom is -0.486 e. The van der Waals surface area contributed by atoms with E-state index in [4.69, 9.17) is 4.74 Å². The predicted molar refractivity (Wildman–Crippen MR) is 84.0 cm³/mol.